The van der Waals surface area contributed by atoms with Crippen LogP contribution in [-0.2, 0) is 24.3 Å². The number of nitrogens with zero attached hydrogens (tertiary/aromatic N) is 6. The highest BCUT2D eigenvalue weighted by Gasteiger charge is 2.29. The Kier molecular flexibility index (Phi) is 8.15. The van der Waals surface area contributed by atoms with Crippen LogP contribution in [0.15, 0.2) is 29.1 Å². The number of imidazole rings is 1. The van der Waals surface area contributed by atoms with E-state index < -0.39 is 0 Å². The number of hydrogen-bond donors (Lipinski definition) is 1. The fourth-order valence-corrected chi connectivity index (χ4v) is 5.50. The number of unbranched alkanes of at least 4 members (excludes halogenated alkanes) is 1. The molecule has 2 aliphatic rings. The topological polar surface area (TPSA) is 92.3 Å². The van der Waals surface area contributed by atoms with Gasteiger partial charge in [0, 0.05) is 39.1 Å². The molecule has 0 radical (unpaired) electrons. The Morgan fingerprint density at radius 1 is 1.19 bits per heavy atom. The van der Waals surface area contributed by atoms with Crippen LogP contribution in [0.2, 0.25) is 0 Å². The second kappa shape index (κ2) is 11.9. The van der Waals surface area contributed by atoms with Gasteiger partial charge in [-0.05, 0) is 50.8 Å². The van der Waals surface area contributed by atoms with Crippen molar-refractivity contribution in [2.75, 3.05) is 37.6 Å². The Balaban J connectivity index is 1.20. The van der Waals surface area contributed by atoms with E-state index in [1.165, 1.54) is 19.3 Å². The number of hydrogen-bond acceptors (Lipinski definition) is 7. The number of nitrogens with one attached hydrogen (secondary N) is 1. The van der Waals surface area contributed by atoms with Gasteiger partial charge in [0.2, 0.25) is 5.91 Å². The molecule has 5 heterocycles. The quantitative estimate of drug-likeness (QED) is 0.459. The van der Waals surface area contributed by atoms with Crippen molar-refractivity contribution in [2.45, 2.75) is 71.4 Å². The van der Waals surface area contributed by atoms with E-state index >= 15 is 0 Å². The van der Waals surface area contributed by atoms with Gasteiger partial charge in [-0.25, -0.2) is 15.0 Å². The summed E-state index contributed by atoms with van der Waals surface area (Å²) in [6.07, 6.45) is 12.1. The number of piperidine rings is 1. The summed E-state index contributed by atoms with van der Waals surface area (Å²) < 4.78 is 7.80. The molecule has 0 unspecified atom stereocenters. The van der Waals surface area contributed by atoms with Gasteiger partial charge in [-0.2, -0.15) is 0 Å². The van der Waals surface area contributed by atoms with Gasteiger partial charge in [0.25, 0.3) is 0 Å². The van der Waals surface area contributed by atoms with E-state index in [0.29, 0.717) is 13.1 Å². The average Bonchev–Trinajstić information content (AvgIpc) is 3.48. The van der Waals surface area contributed by atoms with E-state index in [0.717, 1.165) is 93.4 Å². The van der Waals surface area contributed by atoms with Crippen molar-refractivity contribution in [2.24, 2.45) is 5.92 Å². The number of anilines is 1. The standard InChI is InChI=1S/C27H39N7O2/c1-2-3-13-32(19-22-10-8-17-36-22)16-12-28-27(35)21-9-7-14-33(18-21)25-24-26(30-20-29-25)34-15-6-4-5-11-23(34)31-24/h8,10,17,20-21H,2-7,9,11-16,18-19H2,1H3,(H,28,35)/t21-/m0/s1. The summed E-state index contributed by atoms with van der Waals surface area (Å²) in [7, 11) is 0. The van der Waals surface area contributed by atoms with Crippen LogP contribution < -0.4 is 10.2 Å². The third-order valence-corrected chi connectivity index (χ3v) is 7.48. The molecule has 5 rings (SSSR count). The predicted octanol–water partition coefficient (Wildman–Crippen LogP) is 3.78. The zero-order chi connectivity index (χ0) is 24.7. The lowest BCUT2D eigenvalue weighted by Gasteiger charge is -2.33. The molecule has 1 atom stereocenters. The summed E-state index contributed by atoms with van der Waals surface area (Å²) >= 11 is 0. The van der Waals surface area contributed by atoms with Crippen LogP contribution in [0.5, 0.6) is 0 Å². The fourth-order valence-electron chi connectivity index (χ4n) is 5.50. The molecular weight excluding hydrogens is 454 g/mol. The van der Waals surface area contributed by atoms with E-state index in [-0.39, 0.29) is 11.8 Å². The molecule has 0 saturated carbocycles. The summed E-state index contributed by atoms with van der Waals surface area (Å²) in [5.41, 5.74) is 1.83. The highest BCUT2D eigenvalue weighted by molar-refractivity contribution is 5.85. The summed E-state index contributed by atoms with van der Waals surface area (Å²) in [4.78, 5) is 31.9. The van der Waals surface area contributed by atoms with E-state index in [1.807, 2.05) is 12.1 Å². The summed E-state index contributed by atoms with van der Waals surface area (Å²) in [5, 5.41) is 3.20. The number of rotatable bonds is 10. The van der Waals surface area contributed by atoms with Crippen LogP contribution in [0.4, 0.5) is 5.82 Å². The Labute approximate surface area is 213 Å². The molecular formula is C27H39N7O2. The molecule has 0 bridgehead atoms. The second-order valence-electron chi connectivity index (χ2n) is 10.1. The summed E-state index contributed by atoms with van der Waals surface area (Å²) in [6, 6.07) is 3.94. The molecule has 1 amide bonds. The maximum atomic E-state index is 13.1. The Hall–Kier alpha value is -2.94. The number of carbonyl (C=O) groups excluding carboxylic acids is 1. The molecule has 1 saturated heterocycles. The predicted molar refractivity (Wildman–Crippen MR) is 140 cm³/mol. The van der Waals surface area contributed by atoms with Gasteiger partial charge in [-0.3, -0.25) is 9.69 Å². The largest absolute Gasteiger partial charge is 0.468 e. The molecule has 36 heavy (non-hydrogen) atoms. The minimum absolute atomic E-state index is 0.0432. The van der Waals surface area contributed by atoms with Crippen molar-refractivity contribution in [3.05, 3.63) is 36.3 Å². The van der Waals surface area contributed by atoms with Crippen molar-refractivity contribution in [3.63, 3.8) is 0 Å². The van der Waals surface area contributed by atoms with E-state index in [4.69, 9.17) is 9.40 Å². The molecule has 0 spiro atoms. The highest BCUT2D eigenvalue weighted by Crippen LogP contribution is 2.29. The van der Waals surface area contributed by atoms with Crippen molar-refractivity contribution in [3.8, 4) is 0 Å². The van der Waals surface area contributed by atoms with Crippen molar-refractivity contribution in [1.29, 1.82) is 0 Å². The smallest absolute Gasteiger partial charge is 0.224 e. The first-order valence-electron chi connectivity index (χ1n) is 13.7. The number of aromatic nitrogens is 4. The molecule has 0 aromatic carbocycles. The monoisotopic (exact) mass is 493 g/mol. The van der Waals surface area contributed by atoms with Crippen LogP contribution in [0.3, 0.4) is 0 Å². The zero-order valence-electron chi connectivity index (χ0n) is 21.5. The molecule has 3 aromatic rings. The van der Waals surface area contributed by atoms with Crippen molar-refractivity contribution in [1.82, 2.24) is 29.7 Å². The molecule has 9 heteroatoms. The van der Waals surface area contributed by atoms with Gasteiger partial charge in [-0.15, -0.1) is 0 Å². The second-order valence-corrected chi connectivity index (χ2v) is 10.1. The van der Waals surface area contributed by atoms with Crippen molar-refractivity contribution < 1.29 is 9.21 Å². The number of furan rings is 1. The van der Waals surface area contributed by atoms with Gasteiger partial charge in [0.05, 0.1) is 18.7 Å². The molecule has 1 fully saturated rings. The molecule has 1 N–H and O–H groups in total. The Bertz CT molecular complexity index is 1130. The van der Waals surface area contributed by atoms with Gasteiger partial charge >= 0.3 is 0 Å². The lowest BCUT2D eigenvalue weighted by Crippen LogP contribution is -2.45. The Morgan fingerprint density at radius 3 is 3.00 bits per heavy atom. The molecule has 2 aliphatic heterocycles. The zero-order valence-corrected chi connectivity index (χ0v) is 21.5. The van der Waals surface area contributed by atoms with Gasteiger partial charge in [0.1, 0.15) is 17.9 Å². The lowest BCUT2D eigenvalue weighted by molar-refractivity contribution is -0.125. The summed E-state index contributed by atoms with van der Waals surface area (Å²) in [5.74, 6) is 3.06. The van der Waals surface area contributed by atoms with Crippen LogP contribution in [0, 0.1) is 5.92 Å². The average molecular weight is 494 g/mol. The maximum Gasteiger partial charge on any atom is 0.224 e. The number of amides is 1. The van der Waals surface area contributed by atoms with Crippen LogP contribution in [0.1, 0.15) is 63.5 Å². The minimum Gasteiger partial charge on any atom is -0.468 e. The highest BCUT2D eigenvalue weighted by atomic mass is 16.3. The van der Waals surface area contributed by atoms with Crippen LogP contribution >= 0.6 is 0 Å². The maximum absolute atomic E-state index is 13.1. The fraction of sp³-hybridized carbons (Fsp3) is 0.630. The van der Waals surface area contributed by atoms with Crippen LogP contribution in [0.25, 0.3) is 11.2 Å². The lowest BCUT2D eigenvalue weighted by atomic mass is 9.97. The third kappa shape index (κ3) is 5.72. The SMILES string of the molecule is CCCCN(CCNC(=O)[C@H]1CCCN(c2ncnc3c2nc2n3CCCCC2)C1)Cc1ccco1. The van der Waals surface area contributed by atoms with Crippen LogP contribution in [-0.4, -0.2) is 63.0 Å². The van der Waals surface area contributed by atoms with E-state index in [2.05, 4.69) is 36.6 Å². The van der Waals surface area contributed by atoms with Gasteiger partial charge in [-0.1, -0.05) is 19.8 Å². The number of carbonyl (C=O) groups is 1. The summed E-state index contributed by atoms with van der Waals surface area (Å²) in [6.45, 7) is 7.98. The van der Waals surface area contributed by atoms with E-state index in [9.17, 15) is 4.79 Å². The van der Waals surface area contributed by atoms with Gasteiger partial charge < -0.3 is 19.2 Å². The Morgan fingerprint density at radius 2 is 2.14 bits per heavy atom. The van der Waals surface area contributed by atoms with E-state index in [1.54, 1.807) is 12.6 Å². The van der Waals surface area contributed by atoms with Gasteiger partial charge in [0.15, 0.2) is 17.0 Å². The minimum atomic E-state index is -0.0432. The first-order valence-corrected chi connectivity index (χ1v) is 13.7. The number of fused-ring (bicyclic) bond motifs is 3. The molecule has 0 aliphatic carbocycles. The normalized spacial score (nSPS) is 18.4. The first kappa shape index (κ1) is 24.7. The molecule has 3 aromatic heterocycles. The first-order chi connectivity index (χ1) is 17.7. The molecule has 9 nitrogen and oxygen atoms in total. The third-order valence-electron chi connectivity index (χ3n) is 7.48. The number of aryl methyl sites for hydroxylation is 2. The molecule has 194 valence electrons. The van der Waals surface area contributed by atoms with Crippen molar-refractivity contribution >= 4 is 22.9 Å².